The molecular formula is C26H29N3O3S. The molecule has 0 spiro atoms. The molecule has 0 aliphatic carbocycles. The van der Waals surface area contributed by atoms with Gasteiger partial charge in [0, 0.05) is 17.5 Å². The van der Waals surface area contributed by atoms with Crippen molar-refractivity contribution in [2.75, 3.05) is 11.9 Å². The Morgan fingerprint density at radius 3 is 2.61 bits per heavy atom. The van der Waals surface area contributed by atoms with E-state index in [1.807, 2.05) is 35.7 Å². The van der Waals surface area contributed by atoms with Crippen molar-refractivity contribution in [1.29, 1.82) is 0 Å². The van der Waals surface area contributed by atoms with Gasteiger partial charge in [-0.25, -0.2) is 9.78 Å². The highest BCUT2D eigenvalue weighted by molar-refractivity contribution is 7.14. The minimum atomic E-state index is -0.545. The van der Waals surface area contributed by atoms with E-state index in [2.05, 4.69) is 48.4 Å². The highest BCUT2D eigenvalue weighted by Crippen LogP contribution is 2.27. The summed E-state index contributed by atoms with van der Waals surface area (Å²) in [5.74, 6) is 0.389. The van der Waals surface area contributed by atoms with Crippen LogP contribution < -0.4 is 5.32 Å². The second kappa shape index (κ2) is 10.6. The second-order valence-electron chi connectivity index (χ2n) is 8.71. The zero-order valence-corrected chi connectivity index (χ0v) is 19.8. The number of benzene rings is 2. The number of rotatable bonds is 7. The number of nitrogens with one attached hydrogen (secondary N) is 1. The number of carbonyl (C=O) groups excluding carboxylic acids is 2. The molecule has 6 nitrogen and oxygen atoms in total. The Kier molecular flexibility index (Phi) is 7.40. The summed E-state index contributed by atoms with van der Waals surface area (Å²) in [5, 5.41) is 5.36. The fourth-order valence-corrected chi connectivity index (χ4v) is 4.72. The Balaban J connectivity index is 1.34. The lowest BCUT2D eigenvalue weighted by Gasteiger charge is -2.22. The van der Waals surface area contributed by atoms with Crippen LogP contribution in [0, 0.1) is 5.92 Å². The van der Waals surface area contributed by atoms with Gasteiger partial charge in [0.2, 0.25) is 5.91 Å². The van der Waals surface area contributed by atoms with Crippen molar-refractivity contribution in [3.05, 3.63) is 71.1 Å². The van der Waals surface area contributed by atoms with Gasteiger partial charge >= 0.3 is 6.09 Å². The van der Waals surface area contributed by atoms with E-state index < -0.39 is 12.1 Å². The number of anilines is 1. The van der Waals surface area contributed by atoms with E-state index in [0.29, 0.717) is 24.0 Å². The summed E-state index contributed by atoms with van der Waals surface area (Å²) in [7, 11) is 0. The van der Waals surface area contributed by atoms with E-state index in [1.54, 1.807) is 0 Å². The summed E-state index contributed by atoms with van der Waals surface area (Å²) in [5.41, 5.74) is 4.07. The molecule has 1 aromatic heterocycles. The summed E-state index contributed by atoms with van der Waals surface area (Å²) >= 11 is 1.39. The molecular weight excluding hydrogens is 434 g/mol. The maximum atomic E-state index is 12.9. The van der Waals surface area contributed by atoms with Crippen LogP contribution in [-0.2, 0) is 22.6 Å². The highest BCUT2D eigenvalue weighted by atomic mass is 32.1. The number of aromatic nitrogens is 1. The van der Waals surface area contributed by atoms with Crippen LogP contribution in [0.2, 0.25) is 0 Å². The molecule has 1 saturated heterocycles. The lowest BCUT2D eigenvalue weighted by molar-refractivity contribution is -0.120. The topological polar surface area (TPSA) is 71.5 Å². The molecule has 1 aliphatic rings. The Hall–Kier alpha value is -3.19. The first-order chi connectivity index (χ1) is 16.0. The van der Waals surface area contributed by atoms with Gasteiger partial charge in [0.05, 0.1) is 5.69 Å². The number of hydrogen-bond acceptors (Lipinski definition) is 5. The van der Waals surface area contributed by atoms with Gasteiger partial charge in [-0.2, -0.15) is 0 Å². The third kappa shape index (κ3) is 5.99. The molecule has 1 unspecified atom stereocenters. The van der Waals surface area contributed by atoms with Gasteiger partial charge in [0.15, 0.2) is 5.13 Å². The van der Waals surface area contributed by atoms with E-state index >= 15 is 0 Å². The average molecular weight is 464 g/mol. The van der Waals surface area contributed by atoms with Crippen LogP contribution in [0.15, 0.2) is 60.0 Å². The quantitative estimate of drug-likeness (QED) is 0.484. The van der Waals surface area contributed by atoms with Gasteiger partial charge in [-0.3, -0.25) is 9.69 Å². The lowest BCUT2D eigenvalue weighted by Crippen LogP contribution is -2.43. The number of amides is 2. The molecule has 1 aliphatic heterocycles. The third-order valence-electron chi connectivity index (χ3n) is 5.62. The molecule has 1 atom stereocenters. The van der Waals surface area contributed by atoms with E-state index in [0.717, 1.165) is 29.7 Å². The number of thiazole rings is 1. The minimum absolute atomic E-state index is 0.191. The Labute approximate surface area is 198 Å². The van der Waals surface area contributed by atoms with Gasteiger partial charge in [0.1, 0.15) is 12.6 Å². The number of ether oxygens (including phenoxy) is 1. The van der Waals surface area contributed by atoms with Crippen LogP contribution >= 0.6 is 11.3 Å². The Bertz CT molecular complexity index is 1080. The second-order valence-corrected chi connectivity index (χ2v) is 9.57. The summed E-state index contributed by atoms with van der Waals surface area (Å²) in [6, 6.07) is 17.4. The highest BCUT2D eigenvalue weighted by Gasteiger charge is 2.35. The Morgan fingerprint density at radius 2 is 1.88 bits per heavy atom. The molecule has 33 heavy (non-hydrogen) atoms. The van der Waals surface area contributed by atoms with Crippen molar-refractivity contribution in [3.8, 4) is 11.3 Å². The van der Waals surface area contributed by atoms with Crippen LogP contribution in [-0.4, -0.2) is 34.5 Å². The van der Waals surface area contributed by atoms with Crippen molar-refractivity contribution in [2.45, 2.75) is 45.8 Å². The standard InChI is InChI=1S/C26H29N3O3S/c1-18(2)15-19-10-12-21(13-11-19)22-17-33-25(27-22)28-24(30)23-9-6-14-29(23)26(31)32-16-20-7-4-3-5-8-20/h3-5,7-8,10-13,17-18,23H,6,9,14-16H2,1-2H3,(H,27,28,30). The summed E-state index contributed by atoms with van der Waals surface area (Å²) in [6.45, 7) is 5.11. The zero-order chi connectivity index (χ0) is 23.2. The van der Waals surface area contributed by atoms with Crippen molar-refractivity contribution >= 4 is 28.5 Å². The molecule has 0 bridgehead atoms. The van der Waals surface area contributed by atoms with Gasteiger partial charge in [-0.05, 0) is 36.3 Å². The molecule has 2 amide bonds. The molecule has 172 valence electrons. The summed E-state index contributed by atoms with van der Waals surface area (Å²) in [4.78, 5) is 31.6. The molecule has 0 radical (unpaired) electrons. The fraction of sp³-hybridized carbons (Fsp3) is 0.346. The number of nitrogens with zero attached hydrogens (tertiary/aromatic N) is 2. The van der Waals surface area contributed by atoms with Crippen LogP contribution in [0.25, 0.3) is 11.3 Å². The van der Waals surface area contributed by atoms with Crippen LogP contribution in [0.4, 0.5) is 9.93 Å². The minimum Gasteiger partial charge on any atom is -0.445 e. The predicted octanol–water partition coefficient (Wildman–Crippen LogP) is 5.75. The SMILES string of the molecule is CC(C)Cc1ccc(-c2csc(NC(=O)C3CCCN3C(=O)OCc3ccccc3)n2)cc1. The van der Waals surface area contributed by atoms with E-state index in [1.165, 1.54) is 21.8 Å². The van der Waals surface area contributed by atoms with Crippen molar-refractivity contribution in [2.24, 2.45) is 5.92 Å². The molecule has 3 aromatic rings. The fourth-order valence-electron chi connectivity index (χ4n) is 4.00. The molecule has 7 heteroatoms. The van der Waals surface area contributed by atoms with E-state index in [9.17, 15) is 9.59 Å². The average Bonchev–Trinajstić information content (AvgIpc) is 3.48. The molecule has 1 fully saturated rings. The van der Waals surface area contributed by atoms with E-state index in [4.69, 9.17) is 4.74 Å². The van der Waals surface area contributed by atoms with Gasteiger partial charge in [-0.15, -0.1) is 11.3 Å². The van der Waals surface area contributed by atoms with Crippen molar-refractivity contribution in [1.82, 2.24) is 9.88 Å². The first-order valence-corrected chi connectivity index (χ1v) is 12.2. The molecule has 2 aromatic carbocycles. The largest absolute Gasteiger partial charge is 0.445 e. The first-order valence-electron chi connectivity index (χ1n) is 11.3. The monoisotopic (exact) mass is 463 g/mol. The molecule has 1 N–H and O–H groups in total. The summed E-state index contributed by atoms with van der Waals surface area (Å²) < 4.78 is 5.43. The Morgan fingerprint density at radius 1 is 1.12 bits per heavy atom. The van der Waals surface area contributed by atoms with Crippen molar-refractivity contribution < 1.29 is 14.3 Å². The lowest BCUT2D eigenvalue weighted by atomic mass is 10.0. The predicted molar refractivity (Wildman–Crippen MR) is 131 cm³/mol. The number of carbonyl (C=O) groups is 2. The number of likely N-dealkylation sites (tertiary alicyclic amines) is 1. The number of hydrogen-bond donors (Lipinski definition) is 1. The van der Waals surface area contributed by atoms with Crippen LogP contribution in [0.5, 0.6) is 0 Å². The third-order valence-corrected chi connectivity index (χ3v) is 6.38. The maximum absolute atomic E-state index is 12.9. The first kappa shape index (κ1) is 23.0. The van der Waals surface area contributed by atoms with Gasteiger partial charge in [-0.1, -0.05) is 68.4 Å². The van der Waals surface area contributed by atoms with Crippen LogP contribution in [0.1, 0.15) is 37.8 Å². The van der Waals surface area contributed by atoms with Gasteiger partial charge < -0.3 is 10.1 Å². The molecule has 4 rings (SSSR count). The normalized spacial score (nSPS) is 15.6. The molecule has 0 saturated carbocycles. The van der Waals surface area contributed by atoms with Crippen LogP contribution in [0.3, 0.4) is 0 Å². The smallest absolute Gasteiger partial charge is 0.410 e. The summed E-state index contributed by atoms with van der Waals surface area (Å²) in [6.07, 6.45) is 1.97. The maximum Gasteiger partial charge on any atom is 0.410 e. The zero-order valence-electron chi connectivity index (χ0n) is 19.0. The molecule has 2 heterocycles. The van der Waals surface area contributed by atoms with E-state index in [-0.39, 0.29) is 12.5 Å². The van der Waals surface area contributed by atoms with Gasteiger partial charge in [0.25, 0.3) is 0 Å². The van der Waals surface area contributed by atoms with Crippen molar-refractivity contribution in [3.63, 3.8) is 0 Å².